The zero-order valence-corrected chi connectivity index (χ0v) is 12.3. The minimum absolute atomic E-state index is 0.240. The number of carbonyl (C=O) groups is 2. The highest BCUT2D eigenvalue weighted by Crippen LogP contribution is 2.13. The molecule has 0 saturated heterocycles. The smallest absolute Gasteiger partial charge is 0.319 e. The molecule has 112 valence electrons. The highest BCUT2D eigenvalue weighted by Gasteiger charge is 2.17. The topological polar surface area (TPSA) is 88.1 Å². The molecule has 0 unspecified atom stereocenters. The first-order valence-corrected chi connectivity index (χ1v) is 6.95. The van der Waals surface area contributed by atoms with E-state index in [9.17, 15) is 9.59 Å². The van der Waals surface area contributed by atoms with Crippen molar-refractivity contribution in [3.63, 3.8) is 0 Å². The fraction of sp³-hybridized carbons (Fsp3) is 0.615. The number of hydrogen-bond donors (Lipinski definition) is 3. The van der Waals surface area contributed by atoms with Crippen molar-refractivity contribution in [2.24, 2.45) is 7.05 Å². The molecule has 0 aliphatic heterocycles. The third-order valence-corrected chi connectivity index (χ3v) is 2.75. The summed E-state index contributed by atoms with van der Waals surface area (Å²) in [7, 11) is 1.67. The Hall–Kier alpha value is -2.05. The molecule has 0 aliphatic carbocycles. The Bertz CT molecular complexity index is 456. The molecular weight excluding hydrogens is 258 g/mol. The van der Waals surface area contributed by atoms with Gasteiger partial charge in [-0.3, -0.25) is 9.48 Å². The molecule has 0 aromatic carbocycles. The van der Waals surface area contributed by atoms with E-state index in [1.807, 2.05) is 6.92 Å². The zero-order valence-electron chi connectivity index (χ0n) is 12.3. The van der Waals surface area contributed by atoms with E-state index in [0.717, 1.165) is 19.3 Å². The van der Waals surface area contributed by atoms with Crippen molar-refractivity contribution in [2.75, 3.05) is 18.4 Å². The minimum atomic E-state index is -0.323. The van der Waals surface area contributed by atoms with Crippen LogP contribution in [0.15, 0.2) is 6.20 Å². The average Bonchev–Trinajstić information content (AvgIpc) is 2.77. The maximum atomic E-state index is 12.0. The number of amides is 3. The number of anilines is 1. The van der Waals surface area contributed by atoms with Gasteiger partial charge in [0.05, 0.1) is 11.9 Å². The van der Waals surface area contributed by atoms with Crippen molar-refractivity contribution in [3.8, 4) is 0 Å². The molecule has 0 spiro atoms. The van der Waals surface area contributed by atoms with Gasteiger partial charge in [-0.25, -0.2) is 4.79 Å². The third kappa shape index (κ3) is 4.56. The molecule has 0 aliphatic rings. The van der Waals surface area contributed by atoms with Crippen LogP contribution in [0.4, 0.5) is 10.5 Å². The van der Waals surface area contributed by atoms with E-state index in [4.69, 9.17) is 0 Å². The van der Waals surface area contributed by atoms with Crippen molar-refractivity contribution in [1.29, 1.82) is 0 Å². The van der Waals surface area contributed by atoms with Crippen molar-refractivity contribution in [1.82, 2.24) is 20.4 Å². The maximum Gasteiger partial charge on any atom is 0.319 e. The van der Waals surface area contributed by atoms with Crippen LogP contribution in [0.2, 0.25) is 0 Å². The number of urea groups is 1. The van der Waals surface area contributed by atoms with Gasteiger partial charge >= 0.3 is 6.03 Å². The first-order valence-electron chi connectivity index (χ1n) is 6.95. The number of carbonyl (C=O) groups excluding carboxylic acids is 2. The lowest BCUT2D eigenvalue weighted by molar-refractivity contribution is 0.0945. The van der Waals surface area contributed by atoms with E-state index < -0.39 is 0 Å². The maximum absolute atomic E-state index is 12.0. The number of nitrogens with zero attached hydrogens (tertiary/aromatic N) is 2. The van der Waals surface area contributed by atoms with Gasteiger partial charge in [-0.05, 0) is 12.8 Å². The summed E-state index contributed by atoms with van der Waals surface area (Å²) in [6.45, 7) is 5.23. The molecule has 0 bridgehead atoms. The van der Waals surface area contributed by atoms with Gasteiger partial charge in [-0.15, -0.1) is 0 Å². The van der Waals surface area contributed by atoms with Gasteiger partial charge in [0.2, 0.25) is 0 Å². The highest BCUT2D eigenvalue weighted by atomic mass is 16.2. The first-order chi connectivity index (χ1) is 9.60. The molecule has 0 atom stereocenters. The number of aromatic nitrogens is 2. The normalized spacial score (nSPS) is 10.2. The molecule has 1 heterocycles. The molecule has 0 saturated carbocycles. The average molecular weight is 281 g/mol. The largest absolute Gasteiger partial charge is 0.351 e. The lowest BCUT2D eigenvalue weighted by Crippen LogP contribution is -2.31. The Morgan fingerprint density at radius 3 is 2.60 bits per heavy atom. The summed E-state index contributed by atoms with van der Waals surface area (Å²) in [6, 6.07) is -0.323. The Morgan fingerprint density at radius 1 is 1.20 bits per heavy atom. The Kier molecular flexibility index (Phi) is 6.55. The number of unbranched alkanes of at least 4 members (excludes halogenated alkanes) is 1. The monoisotopic (exact) mass is 281 g/mol. The van der Waals surface area contributed by atoms with Crippen molar-refractivity contribution < 1.29 is 9.59 Å². The van der Waals surface area contributed by atoms with Gasteiger partial charge in [0.25, 0.3) is 5.91 Å². The van der Waals surface area contributed by atoms with Crippen LogP contribution in [0.1, 0.15) is 43.6 Å². The summed E-state index contributed by atoms with van der Waals surface area (Å²) in [4.78, 5) is 23.7. The number of rotatable bonds is 7. The summed E-state index contributed by atoms with van der Waals surface area (Å²) in [5.74, 6) is -0.240. The standard InChI is InChI=1S/C13H23N5O2/c1-4-6-8-15-13(20)17-10-9-16-18(3)11(10)12(19)14-7-5-2/h9H,4-8H2,1-3H3,(H,14,19)(H2,15,17,20). The highest BCUT2D eigenvalue weighted by molar-refractivity contribution is 6.01. The van der Waals surface area contributed by atoms with Gasteiger partial charge in [-0.1, -0.05) is 20.3 Å². The second kappa shape index (κ2) is 8.19. The summed E-state index contributed by atoms with van der Waals surface area (Å²) in [5.41, 5.74) is 0.763. The SMILES string of the molecule is CCCCNC(=O)Nc1cnn(C)c1C(=O)NCCC. The number of aryl methyl sites for hydroxylation is 1. The van der Waals surface area contributed by atoms with E-state index >= 15 is 0 Å². The summed E-state index contributed by atoms with van der Waals surface area (Å²) in [6.07, 6.45) is 4.26. The van der Waals surface area contributed by atoms with Crippen molar-refractivity contribution in [2.45, 2.75) is 33.1 Å². The van der Waals surface area contributed by atoms with Gasteiger partial charge in [-0.2, -0.15) is 5.10 Å². The van der Waals surface area contributed by atoms with E-state index in [1.54, 1.807) is 7.05 Å². The Morgan fingerprint density at radius 2 is 1.95 bits per heavy atom. The van der Waals surface area contributed by atoms with E-state index in [2.05, 4.69) is 28.0 Å². The first kappa shape index (κ1) is 16.0. The van der Waals surface area contributed by atoms with Crippen LogP contribution in [0, 0.1) is 0 Å². The van der Waals surface area contributed by atoms with E-state index in [0.29, 0.717) is 24.5 Å². The van der Waals surface area contributed by atoms with Gasteiger partial charge in [0, 0.05) is 20.1 Å². The van der Waals surface area contributed by atoms with Crippen LogP contribution < -0.4 is 16.0 Å². The van der Waals surface area contributed by atoms with Crippen LogP contribution in [0.25, 0.3) is 0 Å². The molecule has 7 nitrogen and oxygen atoms in total. The molecule has 20 heavy (non-hydrogen) atoms. The third-order valence-electron chi connectivity index (χ3n) is 2.75. The molecular formula is C13H23N5O2. The fourth-order valence-electron chi connectivity index (χ4n) is 1.67. The van der Waals surface area contributed by atoms with Gasteiger partial charge < -0.3 is 16.0 Å². The number of nitrogens with one attached hydrogen (secondary N) is 3. The molecule has 0 radical (unpaired) electrons. The van der Waals surface area contributed by atoms with Crippen LogP contribution in [0.3, 0.4) is 0 Å². The summed E-state index contributed by atoms with van der Waals surface area (Å²) < 4.78 is 1.45. The minimum Gasteiger partial charge on any atom is -0.351 e. The quantitative estimate of drug-likeness (QED) is 0.661. The second-order valence-corrected chi connectivity index (χ2v) is 4.52. The summed E-state index contributed by atoms with van der Waals surface area (Å²) >= 11 is 0. The van der Waals surface area contributed by atoms with Crippen molar-refractivity contribution in [3.05, 3.63) is 11.9 Å². The van der Waals surface area contributed by atoms with Crippen LogP contribution in [0.5, 0.6) is 0 Å². The molecule has 1 aromatic heterocycles. The summed E-state index contributed by atoms with van der Waals surface area (Å²) in [5, 5.41) is 12.2. The predicted molar refractivity (Wildman–Crippen MR) is 77.8 cm³/mol. The lowest BCUT2D eigenvalue weighted by Gasteiger charge is -2.09. The molecule has 0 fully saturated rings. The Labute approximate surface area is 119 Å². The van der Waals surface area contributed by atoms with Crippen LogP contribution in [-0.2, 0) is 7.05 Å². The Balaban J connectivity index is 2.66. The molecule has 1 rings (SSSR count). The molecule has 1 aromatic rings. The van der Waals surface area contributed by atoms with E-state index in [-0.39, 0.29) is 11.9 Å². The van der Waals surface area contributed by atoms with Crippen molar-refractivity contribution >= 4 is 17.6 Å². The molecule has 7 heteroatoms. The van der Waals surface area contributed by atoms with Crippen LogP contribution in [-0.4, -0.2) is 34.8 Å². The lowest BCUT2D eigenvalue weighted by atomic mass is 10.3. The molecule has 3 N–H and O–H groups in total. The van der Waals surface area contributed by atoms with Gasteiger partial charge in [0.15, 0.2) is 0 Å². The van der Waals surface area contributed by atoms with E-state index in [1.165, 1.54) is 10.9 Å². The zero-order chi connectivity index (χ0) is 15.0. The number of hydrogen-bond acceptors (Lipinski definition) is 3. The second-order valence-electron chi connectivity index (χ2n) is 4.52. The fourth-order valence-corrected chi connectivity index (χ4v) is 1.67. The molecule has 3 amide bonds. The van der Waals surface area contributed by atoms with Crippen LogP contribution >= 0.6 is 0 Å². The van der Waals surface area contributed by atoms with Gasteiger partial charge in [0.1, 0.15) is 5.69 Å². The predicted octanol–water partition coefficient (Wildman–Crippen LogP) is 1.48.